The molecule has 3 aliphatic rings. The molecule has 6 nitrogen and oxygen atoms in total. The van der Waals surface area contributed by atoms with Crippen molar-refractivity contribution in [1.29, 1.82) is 0 Å². The molecule has 3 aromatic rings. The van der Waals surface area contributed by atoms with Crippen LogP contribution in [0.5, 0.6) is 5.75 Å². The van der Waals surface area contributed by atoms with E-state index in [2.05, 4.69) is 12.1 Å². The molecule has 0 aromatic heterocycles. The fourth-order valence-corrected chi connectivity index (χ4v) is 9.74. The maximum absolute atomic E-state index is 14.5. The topological polar surface area (TPSA) is 101 Å². The second kappa shape index (κ2) is 11.1. The lowest BCUT2D eigenvalue weighted by Gasteiger charge is -2.31. The Labute approximate surface area is 238 Å². The van der Waals surface area contributed by atoms with Crippen molar-refractivity contribution in [3.8, 4) is 5.75 Å². The molecule has 0 radical (unpaired) electrons. The summed E-state index contributed by atoms with van der Waals surface area (Å²) in [5.41, 5.74) is 2.70. The predicted molar refractivity (Wildman–Crippen MR) is 154 cm³/mol. The number of benzene rings is 3. The Kier molecular flexibility index (Phi) is 7.70. The molecule has 0 atom stereocenters. The fourth-order valence-electron chi connectivity index (χ4n) is 7.45. The molecule has 0 heterocycles. The minimum atomic E-state index is -4.68. The Bertz CT molecular complexity index is 1630. The molecule has 0 saturated heterocycles. The van der Waals surface area contributed by atoms with Crippen LogP contribution in [0.25, 0.3) is 10.8 Å². The molecule has 0 amide bonds. The van der Waals surface area contributed by atoms with Crippen LogP contribution >= 0.6 is 0 Å². The zero-order chi connectivity index (χ0) is 27.9. The Morgan fingerprint density at radius 1 is 0.700 bits per heavy atom. The van der Waals surface area contributed by atoms with E-state index >= 15 is 0 Å². The van der Waals surface area contributed by atoms with Crippen LogP contribution in [-0.4, -0.2) is 21.4 Å². The maximum Gasteiger partial charge on any atom is 0.339 e. The van der Waals surface area contributed by atoms with Gasteiger partial charge in [-0.2, -0.15) is 8.42 Å². The van der Waals surface area contributed by atoms with Gasteiger partial charge in [0.25, 0.3) is 0 Å². The molecule has 0 bridgehead atoms. The maximum atomic E-state index is 14.5. The molecule has 214 valence electrons. The van der Waals surface area contributed by atoms with Crippen LogP contribution < -0.4 is 4.18 Å². The van der Waals surface area contributed by atoms with Crippen LogP contribution in [0.4, 0.5) is 0 Å². The minimum absolute atomic E-state index is 0.137. The summed E-state index contributed by atoms with van der Waals surface area (Å²) < 4.78 is 71.0. The van der Waals surface area contributed by atoms with Crippen LogP contribution in [0.1, 0.15) is 111 Å². The second-order valence-electron chi connectivity index (χ2n) is 11.8. The van der Waals surface area contributed by atoms with Gasteiger partial charge in [-0.3, -0.25) is 0 Å². The first-order chi connectivity index (χ1) is 19.2. The highest BCUT2D eigenvalue weighted by Gasteiger charge is 2.35. The SMILES string of the molecule is O=S(=O)([O-])c1ccc(OS(=O)(=O)c2c(C3CCCCC3)cc3ccccc3c2C2CCCCC2)c2c1CCCC2. The van der Waals surface area contributed by atoms with Crippen LogP contribution in [0.3, 0.4) is 0 Å². The first kappa shape index (κ1) is 27.7. The summed E-state index contributed by atoms with van der Waals surface area (Å²) in [4.78, 5) is 0.0681. The van der Waals surface area contributed by atoms with Gasteiger partial charge in [0, 0.05) is 5.56 Å². The zero-order valence-corrected chi connectivity index (χ0v) is 24.5. The molecule has 0 unspecified atom stereocenters. The van der Waals surface area contributed by atoms with Gasteiger partial charge in [0.05, 0.1) is 4.90 Å². The number of hydrogen-bond acceptors (Lipinski definition) is 6. The van der Waals surface area contributed by atoms with E-state index in [-0.39, 0.29) is 22.5 Å². The normalized spacial score (nSPS) is 19.4. The van der Waals surface area contributed by atoms with Crippen LogP contribution in [-0.2, 0) is 33.1 Å². The van der Waals surface area contributed by atoms with Crippen molar-refractivity contribution in [3.63, 3.8) is 0 Å². The van der Waals surface area contributed by atoms with E-state index in [0.717, 1.165) is 92.5 Å². The molecule has 2 saturated carbocycles. The number of hydrogen-bond donors (Lipinski definition) is 0. The van der Waals surface area contributed by atoms with E-state index in [1.54, 1.807) is 0 Å². The predicted octanol–water partition coefficient (Wildman–Crippen LogP) is 7.49. The Morgan fingerprint density at radius 3 is 2.00 bits per heavy atom. The zero-order valence-electron chi connectivity index (χ0n) is 22.9. The average Bonchev–Trinajstić information content (AvgIpc) is 2.96. The molecular weight excluding hydrogens is 544 g/mol. The highest BCUT2D eigenvalue weighted by molar-refractivity contribution is 7.87. The highest BCUT2D eigenvalue weighted by atomic mass is 32.2. The summed E-state index contributed by atoms with van der Waals surface area (Å²) in [6.07, 6.45) is 12.9. The van der Waals surface area contributed by atoms with Crippen molar-refractivity contribution >= 4 is 31.0 Å². The van der Waals surface area contributed by atoms with E-state index in [4.69, 9.17) is 4.18 Å². The van der Waals surface area contributed by atoms with Gasteiger partial charge in [-0.1, -0.05) is 62.8 Å². The highest BCUT2D eigenvalue weighted by Crippen LogP contribution is 2.47. The van der Waals surface area contributed by atoms with Gasteiger partial charge in [0.15, 0.2) is 0 Å². The van der Waals surface area contributed by atoms with E-state index < -0.39 is 20.2 Å². The van der Waals surface area contributed by atoms with E-state index in [9.17, 15) is 21.4 Å². The van der Waals surface area contributed by atoms with Gasteiger partial charge in [0.2, 0.25) is 0 Å². The third kappa shape index (κ3) is 5.30. The van der Waals surface area contributed by atoms with E-state index in [1.807, 2.05) is 18.2 Å². The summed E-state index contributed by atoms with van der Waals surface area (Å²) in [6, 6.07) is 12.8. The molecule has 0 N–H and O–H groups in total. The summed E-state index contributed by atoms with van der Waals surface area (Å²) in [5.74, 6) is 0.438. The van der Waals surface area contributed by atoms with Gasteiger partial charge in [-0.15, -0.1) is 0 Å². The smallest absolute Gasteiger partial charge is 0.339 e. The summed E-state index contributed by atoms with van der Waals surface area (Å²) in [5, 5.41) is 2.05. The van der Waals surface area contributed by atoms with Crippen molar-refractivity contribution in [1.82, 2.24) is 0 Å². The van der Waals surface area contributed by atoms with Crippen molar-refractivity contribution in [2.24, 2.45) is 0 Å². The monoisotopic (exact) mass is 581 g/mol. The third-order valence-electron chi connectivity index (χ3n) is 9.29. The van der Waals surface area contributed by atoms with Crippen LogP contribution in [0, 0.1) is 0 Å². The van der Waals surface area contributed by atoms with Gasteiger partial charge in [-0.25, -0.2) is 8.42 Å². The standard InChI is InChI=1S/C32H38O6S2/c33-39(34,35)30-20-19-29(26-17-9-10-18-27(26)30)38-40(36,37)32-28(22-11-3-1-4-12-22)21-24-15-7-8-16-25(24)31(32)23-13-5-2-6-14-23/h7-8,15-16,19-23H,1-6,9-14,17-18H2,(H,33,34,35)/p-1. The summed E-state index contributed by atoms with van der Waals surface area (Å²) >= 11 is 0. The van der Waals surface area contributed by atoms with Crippen LogP contribution in [0.15, 0.2) is 52.3 Å². The van der Waals surface area contributed by atoms with E-state index in [1.165, 1.54) is 18.6 Å². The molecule has 40 heavy (non-hydrogen) atoms. The first-order valence-electron chi connectivity index (χ1n) is 14.8. The van der Waals surface area contributed by atoms with Crippen molar-refractivity contribution < 1.29 is 25.6 Å². The largest absolute Gasteiger partial charge is 0.744 e. The van der Waals surface area contributed by atoms with Gasteiger partial charge in [0.1, 0.15) is 20.8 Å². The number of rotatable bonds is 6. The van der Waals surface area contributed by atoms with Crippen LogP contribution in [0.2, 0.25) is 0 Å². The first-order valence-corrected chi connectivity index (χ1v) is 17.7. The molecule has 3 aliphatic carbocycles. The fraction of sp³-hybridized carbons (Fsp3) is 0.500. The van der Waals surface area contributed by atoms with E-state index in [0.29, 0.717) is 28.9 Å². The Morgan fingerprint density at radius 2 is 1.32 bits per heavy atom. The molecule has 0 spiro atoms. The van der Waals surface area contributed by atoms with Gasteiger partial charge < -0.3 is 8.74 Å². The Balaban J connectivity index is 1.55. The molecular formula is C32H37O6S2-. The third-order valence-corrected chi connectivity index (χ3v) is 11.6. The lowest BCUT2D eigenvalue weighted by Crippen LogP contribution is -2.21. The molecule has 8 heteroatoms. The molecule has 3 aromatic carbocycles. The summed E-state index contributed by atoms with van der Waals surface area (Å²) in [7, 11) is -8.95. The molecule has 0 aliphatic heterocycles. The lowest BCUT2D eigenvalue weighted by atomic mass is 9.78. The minimum Gasteiger partial charge on any atom is -0.744 e. The molecule has 6 rings (SSSR count). The van der Waals surface area contributed by atoms with Crippen molar-refractivity contribution in [2.45, 2.75) is 112 Å². The number of fused-ring (bicyclic) bond motifs is 2. The van der Waals surface area contributed by atoms with Gasteiger partial charge >= 0.3 is 10.1 Å². The van der Waals surface area contributed by atoms with Crippen molar-refractivity contribution in [2.75, 3.05) is 0 Å². The molecule has 2 fully saturated rings. The average molecular weight is 582 g/mol. The lowest BCUT2D eigenvalue weighted by molar-refractivity contribution is 0.421. The van der Waals surface area contributed by atoms with Gasteiger partial charge in [-0.05, 0) is 109 Å². The Hall–Kier alpha value is -2.42. The second-order valence-corrected chi connectivity index (χ2v) is 14.6. The quantitative estimate of drug-likeness (QED) is 0.221. The summed E-state index contributed by atoms with van der Waals surface area (Å²) in [6.45, 7) is 0. The van der Waals surface area contributed by atoms with Crippen molar-refractivity contribution in [3.05, 3.63) is 64.7 Å².